The molecule has 1 N–H and O–H groups in total. The van der Waals surface area contributed by atoms with Gasteiger partial charge in [0.25, 0.3) is 0 Å². The fraction of sp³-hybridized carbons (Fsp3) is 0.625. The van der Waals surface area contributed by atoms with Crippen LogP contribution in [0.15, 0.2) is 17.1 Å². The molecule has 0 radical (unpaired) electrons. The summed E-state index contributed by atoms with van der Waals surface area (Å²) in [5, 5.41) is 3.25. The van der Waals surface area contributed by atoms with E-state index in [2.05, 4.69) is 22.5 Å². The van der Waals surface area contributed by atoms with Crippen molar-refractivity contribution in [1.82, 2.24) is 5.32 Å². The van der Waals surface area contributed by atoms with E-state index >= 15 is 0 Å². The molecule has 0 atom stereocenters. The van der Waals surface area contributed by atoms with E-state index in [0.29, 0.717) is 0 Å². The second-order valence-corrected chi connectivity index (χ2v) is 2.38. The van der Waals surface area contributed by atoms with Crippen LogP contribution in [0.1, 0.15) is 19.8 Å². The molecular weight excluding hydrogens is 124 g/mol. The topological polar surface area (TPSA) is 24.4 Å². The average Bonchev–Trinajstić information content (AvgIpc) is 2.03. The van der Waals surface area contributed by atoms with E-state index in [0.717, 1.165) is 25.3 Å². The molecule has 0 aromatic rings. The van der Waals surface area contributed by atoms with Crippen LogP contribution in [0.4, 0.5) is 0 Å². The lowest BCUT2D eigenvalue weighted by Crippen LogP contribution is -2.28. The molecule has 1 aliphatic heterocycles. The van der Waals surface area contributed by atoms with Crippen molar-refractivity contribution in [2.75, 3.05) is 13.1 Å². The third-order valence-electron chi connectivity index (χ3n) is 1.51. The molecule has 0 aromatic carbocycles. The summed E-state index contributed by atoms with van der Waals surface area (Å²) in [7, 11) is 0. The third-order valence-corrected chi connectivity index (χ3v) is 1.51. The first-order valence-corrected chi connectivity index (χ1v) is 3.82. The fourth-order valence-corrected chi connectivity index (χ4v) is 0.948. The zero-order valence-corrected chi connectivity index (χ0v) is 6.43. The van der Waals surface area contributed by atoms with E-state index in [4.69, 9.17) is 0 Å². The highest BCUT2D eigenvalue weighted by atomic mass is 15.0. The first kappa shape index (κ1) is 7.32. The Morgan fingerprint density at radius 3 is 3.20 bits per heavy atom. The second-order valence-electron chi connectivity index (χ2n) is 2.38. The van der Waals surface area contributed by atoms with E-state index in [1.54, 1.807) is 0 Å². The van der Waals surface area contributed by atoms with Crippen molar-refractivity contribution < 1.29 is 0 Å². The molecule has 0 unspecified atom stereocenters. The quantitative estimate of drug-likeness (QED) is 0.572. The SMILES string of the molecule is C/C=C/CC1=NCCCN1. The maximum Gasteiger partial charge on any atom is 0.100 e. The molecule has 0 saturated heterocycles. The molecular formula is C8H14N2. The molecule has 0 aromatic heterocycles. The van der Waals surface area contributed by atoms with Gasteiger partial charge in [-0.3, -0.25) is 4.99 Å². The van der Waals surface area contributed by atoms with Crippen LogP contribution < -0.4 is 5.32 Å². The molecule has 2 nitrogen and oxygen atoms in total. The molecule has 0 saturated carbocycles. The third kappa shape index (κ3) is 2.21. The lowest BCUT2D eigenvalue weighted by atomic mass is 10.3. The summed E-state index contributed by atoms with van der Waals surface area (Å²) in [5.41, 5.74) is 0. The molecule has 1 aliphatic rings. The number of allylic oxidation sites excluding steroid dienone is 1. The number of hydrogen-bond donors (Lipinski definition) is 1. The van der Waals surface area contributed by atoms with Gasteiger partial charge in [0.15, 0.2) is 0 Å². The highest BCUT2D eigenvalue weighted by molar-refractivity contribution is 5.83. The molecule has 0 spiro atoms. The van der Waals surface area contributed by atoms with Crippen LogP contribution in [0.3, 0.4) is 0 Å². The molecule has 0 bridgehead atoms. The van der Waals surface area contributed by atoms with Crippen molar-refractivity contribution in [2.24, 2.45) is 4.99 Å². The molecule has 0 amide bonds. The maximum atomic E-state index is 4.32. The van der Waals surface area contributed by atoms with E-state index in [-0.39, 0.29) is 0 Å². The van der Waals surface area contributed by atoms with Gasteiger partial charge in [0.2, 0.25) is 0 Å². The Kier molecular flexibility index (Phi) is 3.00. The fourth-order valence-electron chi connectivity index (χ4n) is 0.948. The molecule has 56 valence electrons. The van der Waals surface area contributed by atoms with Crippen molar-refractivity contribution in [3.05, 3.63) is 12.2 Å². The Balaban J connectivity index is 2.31. The first-order valence-electron chi connectivity index (χ1n) is 3.82. The predicted octanol–water partition coefficient (Wildman–Crippen LogP) is 1.34. The van der Waals surface area contributed by atoms with Crippen molar-refractivity contribution in [2.45, 2.75) is 19.8 Å². The van der Waals surface area contributed by atoms with Gasteiger partial charge in [-0.05, 0) is 13.3 Å². The van der Waals surface area contributed by atoms with Gasteiger partial charge in [-0.2, -0.15) is 0 Å². The summed E-state index contributed by atoms with van der Waals surface area (Å²) < 4.78 is 0. The van der Waals surface area contributed by atoms with Crippen LogP contribution in [-0.2, 0) is 0 Å². The van der Waals surface area contributed by atoms with Gasteiger partial charge in [-0.1, -0.05) is 12.2 Å². The number of aliphatic imine (C=N–C) groups is 1. The Labute approximate surface area is 62.0 Å². The number of nitrogens with one attached hydrogen (secondary N) is 1. The Morgan fingerprint density at radius 2 is 2.60 bits per heavy atom. The van der Waals surface area contributed by atoms with Crippen molar-refractivity contribution in [3.63, 3.8) is 0 Å². The van der Waals surface area contributed by atoms with Gasteiger partial charge in [0.05, 0.1) is 0 Å². The van der Waals surface area contributed by atoms with Crippen LogP contribution in [0.25, 0.3) is 0 Å². The van der Waals surface area contributed by atoms with Gasteiger partial charge in [-0.25, -0.2) is 0 Å². The maximum absolute atomic E-state index is 4.32. The Hall–Kier alpha value is -0.790. The van der Waals surface area contributed by atoms with Crippen molar-refractivity contribution >= 4 is 5.84 Å². The van der Waals surface area contributed by atoms with E-state index in [9.17, 15) is 0 Å². The molecule has 1 heterocycles. The highest BCUT2D eigenvalue weighted by Crippen LogP contribution is 1.93. The van der Waals surface area contributed by atoms with Gasteiger partial charge >= 0.3 is 0 Å². The summed E-state index contributed by atoms with van der Waals surface area (Å²) in [6.07, 6.45) is 6.33. The predicted molar refractivity (Wildman–Crippen MR) is 44.4 cm³/mol. The number of nitrogens with zero attached hydrogens (tertiary/aromatic N) is 1. The molecule has 2 heteroatoms. The van der Waals surface area contributed by atoms with Crippen LogP contribution in [0.5, 0.6) is 0 Å². The normalized spacial score (nSPS) is 18.7. The zero-order chi connectivity index (χ0) is 7.23. The number of rotatable bonds is 2. The monoisotopic (exact) mass is 138 g/mol. The highest BCUT2D eigenvalue weighted by Gasteiger charge is 1.99. The van der Waals surface area contributed by atoms with Crippen LogP contribution in [0.2, 0.25) is 0 Å². The van der Waals surface area contributed by atoms with Gasteiger partial charge in [0, 0.05) is 19.5 Å². The summed E-state index contributed by atoms with van der Waals surface area (Å²) in [5.74, 6) is 1.14. The minimum Gasteiger partial charge on any atom is -0.374 e. The summed E-state index contributed by atoms with van der Waals surface area (Å²) in [6.45, 7) is 4.12. The number of hydrogen-bond acceptors (Lipinski definition) is 2. The molecule has 10 heavy (non-hydrogen) atoms. The van der Waals surface area contributed by atoms with Crippen molar-refractivity contribution in [1.29, 1.82) is 0 Å². The standard InChI is InChI=1S/C8H14N2/c1-2-3-5-8-9-6-4-7-10-8/h2-3H,4-7H2,1H3,(H,9,10)/b3-2+. The average molecular weight is 138 g/mol. The minimum atomic E-state index is 0.969. The number of amidine groups is 1. The van der Waals surface area contributed by atoms with Crippen LogP contribution >= 0.6 is 0 Å². The van der Waals surface area contributed by atoms with E-state index in [1.165, 1.54) is 6.42 Å². The van der Waals surface area contributed by atoms with Crippen molar-refractivity contribution in [3.8, 4) is 0 Å². The van der Waals surface area contributed by atoms with Crippen LogP contribution in [0, 0.1) is 0 Å². The largest absolute Gasteiger partial charge is 0.374 e. The Morgan fingerprint density at radius 1 is 1.70 bits per heavy atom. The molecule has 0 fully saturated rings. The lowest BCUT2D eigenvalue weighted by Gasteiger charge is -2.12. The van der Waals surface area contributed by atoms with E-state index < -0.39 is 0 Å². The van der Waals surface area contributed by atoms with Gasteiger partial charge in [0.1, 0.15) is 5.84 Å². The van der Waals surface area contributed by atoms with E-state index in [1.807, 2.05) is 6.92 Å². The summed E-state index contributed by atoms with van der Waals surface area (Å²) >= 11 is 0. The van der Waals surface area contributed by atoms with Crippen LogP contribution in [-0.4, -0.2) is 18.9 Å². The second kappa shape index (κ2) is 4.09. The minimum absolute atomic E-state index is 0.969. The van der Waals surface area contributed by atoms with Gasteiger partial charge < -0.3 is 5.32 Å². The summed E-state index contributed by atoms with van der Waals surface area (Å²) in [6, 6.07) is 0. The smallest absolute Gasteiger partial charge is 0.100 e. The Bertz CT molecular complexity index is 147. The molecule has 1 rings (SSSR count). The van der Waals surface area contributed by atoms with Gasteiger partial charge in [-0.15, -0.1) is 0 Å². The summed E-state index contributed by atoms with van der Waals surface area (Å²) in [4.78, 5) is 4.32. The molecule has 0 aliphatic carbocycles. The lowest BCUT2D eigenvalue weighted by molar-refractivity contribution is 0.733. The first-order chi connectivity index (χ1) is 4.93. The zero-order valence-electron chi connectivity index (χ0n) is 6.43.